The Hall–Kier alpha value is -1.69. The number of hydrogen-bond donors (Lipinski definition) is 1. The van der Waals surface area contributed by atoms with Crippen LogP contribution in [0.3, 0.4) is 0 Å². The molecule has 108 valence electrons. The number of rotatable bonds is 3. The van der Waals surface area contributed by atoms with E-state index in [2.05, 4.69) is 22.0 Å². The van der Waals surface area contributed by atoms with Crippen LogP contribution in [0.25, 0.3) is 11.0 Å². The second kappa shape index (κ2) is 5.36. The largest absolute Gasteiger partial charge is 0.383 e. The van der Waals surface area contributed by atoms with Gasteiger partial charge in [-0.2, -0.15) is 5.10 Å². The summed E-state index contributed by atoms with van der Waals surface area (Å²) in [6, 6.07) is 0. The summed E-state index contributed by atoms with van der Waals surface area (Å²) < 4.78 is 7.70. The highest BCUT2D eigenvalue weighted by molar-refractivity contribution is 5.84. The van der Waals surface area contributed by atoms with Crippen molar-refractivity contribution < 1.29 is 4.74 Å². The quantitative estimate of drug-likeness (QED) is 0.927. The topological polar surface area (TPSA) is 78.9 Å². The molecule has 2 heterocycles. The van der Waals surface area contributed by atoms with Gasteiger partial charge in [-0.3, -0.25) is 4.68 Å². The SMILES string of the molecule is CC1CCCCC1OCc1nc(N)c2cnn(C)c2n1. The molecule has 1 fully saturated rings. The van der Waals surface area contributed by atoms with Gasteiger partial charge in [-0.1, -0.05) is 19.8 Å². The summed E-state index contributed by atoms with van der Waals surface area (Å²) >= 11 is 0. The molecule has 3 rings (SSSR count). The van der Waals surface area contributed by atoms with Gasteiger partial charge in [0, 0.05) is 7.05 Å². The smallest absolute Gasteiger partial charge is 0.163 e. The van der Waals surface area contributed by atoms with Gasteiger partial charge < -0.3 is 10.5 Å². The molecule has 1 aliphatic carbocycles. The summed E-state index contributed by atoms with van der Waals surface area (Å²) in [5.74, 6) is 1.72. The van der Waals surface area contributed by atoms with Crippen molar-refractivity contribution in [2.45, 2.75) is 45.3 Å². The Morgan fingerprint density at radius 2 is 2.15 bits per heavy atom. The van der Waals surface area contributed by atoms with E-state index in [0.29, 0.717) is 30.3 Å². The van der Waals surface area contributed by atoms with Crippen LogP contribution >= 0.6 is 0 Å². The Morgan fingerprint density at radius 3 is 2.95 bits per heavy atom. The average Bonchev–Trinajstić information content (AvgIpc) is 2.80. The molecular formula is C14H21N5O. The van der Waals surface area contributed by atoms with E-state index in [4.69, 9.17) is 10.5 Å². The third-order valence-electron chi connectivity index (χ3n) is 4.13. The molecule has 0 bridgehead atoms. The first-order valence-corrected chi connectivity index (χ1v) is 7.21. The van der Waals surface area contributed by atoms with Crippen molar-refractivity contribution in [2.75, 3.05) is 5.73 Å². The Kier molecular flexibility index (Phi) is 3.56. The third kappa shape index (κ3) is 2.47. The van der Waals surface area contributed by atoms with Crippen LogP contribution in [0.4, 0.5) is 5.82 Å². The van der Waals surface area contributed by atoms with E-state index in [-0.39, 0.29) is 0 Å². The van der Waals surface area contributed by atoms with Crippen molar-refractivity contribution in [3.63, 3.8) is 0 Å². The van der Waals surface area contributed by atoms with Gasteiger partial charge in [-0.15, -0.1) is 0 Å². The number of nitrogens with zero attached hydrogens (tertiary/aromatic N) is 4. The fraction of sp³-hybridized carbons (Fsp3) is 0.643. The fourth-order valence-electron chi connectivity index (χ4n) is 2.87. The number of hydrogen-bond acceptors (Lipinski definition) is 5. The van der Waals surface area contributed by atoms with Crippen LogP contribution in [0.15, 0.2) is 6.20 Å². The van der Waals surface area contributed by atoms with Crippen molar-refractivity contribution in [3.8, 4) is 0 Å². The van der Waals surface area contributed by atoms with Gasteiger partial charge in [-0.25, -0.2) is 9.97 Å². The Balaban J connectivity index is 1.75. The molecule has 0 aliphatic heterocycles. The monoisotopic (exact) mass is 275 g/mol. The van der Waals surface area contributed by atoms with E-state index in [1.165, 1.54) is 19.3 Å². The van der Waals surface area contributed by atoms with E-state index in [1.807, 2.05) is 7.05 Å². The molecule has 6 nitrogen and oxygen atoms in total. The lowest BCUT2D eigenvalue weighted by molar-refractivity contribution is -0.0181. The first-order chi connectivity index (χ1) is 9.65. The van der Waals surface area contributed by atoms with Gasteiger partial charge in [0.25, 0.3) is 0 Å². The van der Waals surface area contributed by atoms with E-state index >= 15 is 0 Å². The van der Waals surface area contributed by atoms with Crippen LogP contribution in [-0.2, 0) is 18.4 Å². The second-order valence-electron chi connectivity index (χ2n) is 5.64. The molecular weight excluding hydrogens is 254 g/mol. The Morgan fingerprint density at radius 1 is 1.35 bits per heavy atom. The normalized spacial score (nSPS) is 23.3. The maximum atomic E-state index is 5.99. The first kappa shape index (κ1) is 13.3. The summed E-state index contributed by atoms with van der Waals surface area (Å²) in [6.45, 7) is 2.67. The number of aromatic nitrogens is 4. The fourth-order valence-corrected chi connectivity index (χ4v) is 2.87. The predicted octanol–water partition coefficient (Wildman–Crippen LogP) is 2.04. The van der Waals surface area contributed by atoms with Crippen LogP contribution in [0.2, 0.25) is 0 Å². The molecule has 0 saturated heterocycles. The highest BCUT2D eigenvalue weighted by Gasteiger charge is 2.22. The van der Waals surface area contributed by atoms with Gasteiger partial charge >= 0.3 is 0 Å². The molecule has 2 atom stereocenters. The molecule has 0 amide bonds. The van der Waals surface area contributed by atoms with Crippen molar-refractivity contribution in [1.82, 2.24) is 19.7 Å². The molecule has 2 aromatic rings. The van der Waals surface area contributed by atoms with Gasteiger partial charge in [0.05, 0.1) is 17.7 Å². The van der Waals surface area contributed by atoms with Crippen molar-refractivity contribution in [2.24, 2.45) is 13.0 Å². The molecule has 20 heavy (non-hydrogen) atoms. The highest BCUT2D eigenvalue weighted by Crippen LogP contribution is 2.27. The van der Waals surface area contributed by atoms with Crippen LogP contribution in [0.1, 0.15) is 38.4 Å². The van der Waals surface area contributed by atoms with Gasteiger partial charge in [-0.05, 0) is 18.8 Å². The second-order valence-corrected chi connectivity index (χ2v) is 5.64. The zero-order valence-electron chi connectivity index (χ0n) is 12.0. The van der Waals surface area contributed by atoms with Crippen LogP contribution in [0.5, 0.6) is 0 Å². The molecule has 6 heteroatoms. The van der Waals surface area contributed by atoms with Gasteiger partial charge in [0.2, 0.25) is 0 Å². The van der Waals surface area contributed by atoms with Crippen LogP contribution < -0.4 is 5.73 Å². The molecule has 0 spiro atoms. The van der Waals surface area contributed by atoms with E-state index in [0.717, 1.165) is 17.5 Å². The average molecular weight is 275 g/mol. The maximum absolute atomic E-state index is 5.99. The molecule has 1 saturated carbocycles. The van der Waals surface area contributed by atoms with Crippen LogP contribution in [0, 0.1) is 5.92 Å². The molecule has 2 aromatic heterocycles. The highest BCUT2D eigenvalue weighted by atomic mass is 16.5. The zero-order valence-corrected chi connectivity index (χ0v) is 12.0. The molecule has 1 aliphatic rings. The summed E-state index contributed by atoms with van der Waals surface area (Å²) in [7, 11) is 1.85. The number of nitrogens with two attached hydrogens (primary N) is 1. The minimum atomic E-state index is 0.316. The molecule has 0 radical (unpaired) electrons. The van der Waals surface area contributed by atoms with Gasteiger partial charge in [0.1, 0.15) is 12.4 Å². The van der Waals surface area contributed by atoms with Crippen molar-refractivity contribution >= 4 is 16.9 Å². The van der Waals surface area contributed by atoms with E-state index in [9.17, 15) is 0 Å². The number of aryl methyl sites for hydroxylation is 1. The number of fused-ring (bicyclic) bond motifs is 1. The lowest BCUT2D eigenvalue weighted by atomic mass is 9.88. The summed E-state index contributed by atoms with van der Waals surface area (Å²) in [5, 5.41) is 4.95. The standard InChI is InChI=1S/C14H21N5O/c1-9-5-3-4-6-11(9)20-8-12-17-13(15)10-7-16-19(2)14(10)18-12/h7,9,11H,3-6,8H2,1-2H3,(H2,15,17,18). The van der Waals surface area contributed by atoms with Crippen molar-refractivity contribution in [3.05, 3.63) is 12.0 Å². The van der Waals surface area contributed by atoms with Crippen LogP contribution in [-0.4, -0.2) is 25.9 Å². The number of ether oxygens (including phenoxy) is 1. The number of nitrogen functional groups attached to an aromatic ring is 1. The lowest BCUT2D eigenvalue weighted by Gasteiger charge is -2.28. The maximum Gasteiger partial charge on any atom is 0.163 e. The van der Waals surface area contributed by atoms with Crippen molar-refractivity contribution in [1.29, 1.82) is 0 Å². The first-order valence-electron chi connectivity index (χ1n) is 7.21. The molecule has 2 unspecified atom stereocenters. The lowest BCUT2D eigenvalue weighted by Crippen LogP contribution is -2.25. The zero-order chi connectivity index (χ0) is 14.1. The van der Waals surface area contributed by atoms with Gasteiger partial charge in [0.15, 0.2) is 11.5 Å². The minimum Gasteiger partial charge on any atom is -0.383 e. The third-order valence-corrected chi connectivity index (χ3v) is 4.13. The summed E-state index contributed by atoms with van der Waals surface area (Å²) in [4.78, 5) is 8.80. The minimum absolute atomic E-state index is 0.316. The number of anilines is 1. The summed E-state index contributed by atoms with van der Waals surface area (Å²) in [5.41, 5.74) is 6.70. The Bertz CT molecular complexity index is 609. The van der Waals surface area contributed by atoms with E-state index in [1.54, 1.807) is 10.9 Å². The molecule has 0 aromatic carbocycles. The molecule has 2 N–H and O–H groups in total. The predicted molar refractivity (Wildman–Crippen MR) is 76.9 cm³/mol. The Labute approximate surface area is 118 Å². The van der Waals surface area contributed by atoms with E-state index < -0.39 is 0 Å². The summed E-state index contributed by atoms with van der Waals surface area (Å²) in [6.07, 6.45) is 6.94.